The molecule has 0 aliphatic carbocycles. The molecule has 40 heavy (non-hydrogen) atoms. The Labute approximate surface area is 231 Å². The van der Waals surface area contributed by atoms with Gasteiger partial charge in [-0.2, -0.15) is 0 Å². The van der Waals surface area contributed by atoms with Gasteiger partial charge in [0.15, 0.2) is 0 Å². The number of hydrogen-bond acceptors (Lipinski definition) is 9. The number of carbonyl (C=O) groups excluding carboxylic acids is 3. The molecule has 2 aliphatic heterocycles. The zero-order valence-electron chi connectivity index (χ0n) is 22.0. The first-order chi connectivity index (χ1) is 19.4. The van der Waals surface area contributed by atoms with Crippen LogP contribution in [-0.4, -0.2) is 55.5 Å². The van der Waals surface area contributed by atoms with Gasteiger partial charge in [0.25, 0.3) is 0 Å². The van der Waals surface area contributed by atoms with Crippen molar-refractivity contribution in [1.82, 2.24) is 0 Å². The lowest BCUT2D eigenvalue weighted by molar-refractivity contribution is -0.00974. The van der Waals surface area contributed by atoms with Gasteiger partial charge in [-0.25, -0.2) is 14.4 Å². The molecule has 9 heteroatoms. The van der Waals surface area contributed by atoms with E-state index in [4.69, 9.17) is 23.7 Å². The van der Waals surface area contributed by atoms with Crippen LogP contribution in [0.15, 0.2) is 72.8 Å². The average Bonchev–Trinajstić information content (AvgIpc) is 3.89. The van der Waals surface area contributed by atoms with E-state index in [9.17, 15) is 19.5 Å². The van der Waals surface area contributed by atoms with Crippen molar-refractivity contribution in [1.29, 1.82) is 0 Å². The Morgan fingerprint density at radius 3 is 2.27 bits per heavy atom. The van der Waals surface area contributed by atoms with Crippen molar-refractivity contribution in [3.05, 3.63) is 106 Å². The molecule has 0 spiro atoms. The molecule has 2 heterocycles. The van der Waals surface area contributed by atoms with Gasteiger partial charge in [0, 0.05) is 6.42 Å². The molecule has 0 saturated carbocycles. The number of epoxide rings is 2. The molecule has 0 bridgehead atoms. The molecule has 1 N–H and O–H groups in total. The Bertz CT molecular complexity index is 1370. The smallest absolute Gasteiger partial charge is 0.338 e. The molecule has 4 unspecified atom stereocenters. The molecular formula is C31H30O9. The summed E-state index contributed by atoms with van der Waals surface area (Å²) in [7, 11) is 0. The Hall–Kier alpha value is -4.05. The van der Waals surface area contributed by atoms with Gasteiger partial charge >= 0.3 is 17.9 Å². The predicted octanol–water partition coefficient (Wildman–Crippen LogP) is 4.51. The minimum Gasteiger partial charge on any atom is -0.462 e. The van der Waals surface area contributed by atoms with Crippen LogP contribution in [0.25, 0.3) is 0 Å². The molecule has 208 valence electrons. The fourth-order valence-corrected chi connectivity index (χ4v) is 4.23. The van der Waals surface area contributed by atoms with E-state index in [-0.39, 0.29) is 37.4 Å². The maximum Gasteiger partial charge on any atom is 0.338 e. The Morgan fingerprint density at radius 1 is 0.850 bits per heavy atom. The van der Waals surface area contributed by atoms with E-state index >= 15 is 0 Å². The number of aliphatic hydroxyl groups excluding tert-OH is 1. The number of benzene rings is 3. The summed E-state index contributed by atoms with van der Waals surface area (Å²) in [5.74, 6) is -1.74. The third-order valence-electron chi connectivity index (χ3n) is 6.64. The van der Waals surface area contributed by atoms with E-state index in [1.54, 1.807) is 61.5 Å². The SMILES string of the molecule is CC(O)c1cccc(C(=O)OC(CCOC(=O)c2ccccc2C2CO2)COC(=O)c2cccc(C3CO3)c2)c1. The molecule has 0 aromatic heterocycles. The summed E-state index contributed by atoms with van der Waals surface area (Å²) in [5, 5.41) is 9.87. The summed E-state index contributed by atoms with van der Waals surface area (Å²) in [4.78, 5) is 38.5. The van der Waals surface area contributed by atoms with Crippen LogP contribution < -0.4 is 0 Å². The maximum atomic E-state index is 12.9. The van der Waals surface area contributed by atoms with E-state index in [1.807, 2.05) is 18.2 Å². The van der Waals surface area contributed by atoms with Crippen LogP contribution in [0, 0.1) is 0 Å². The highest BCUT2D eigenvalue weighted by Crippen LogP contribution is 2.32. The van der Waals surface area contributed by atoms with Gasteiger partial charge in [-0.3, -0.25) is 0 Å². The van der Waals surface area contributed by atoms with E-state index in [0.717, 1.165) is 11.1 Å². The average molecular weight is 547 g/mol. The molecule has 0 amide bonds. The summed E-state index contributed by atoms with van der Waals surface area (Å²) in [6.45, 7) is 2.45. The van der Waals surface area contributed by atoms with E-state index in [2.05, 4.69) is 0 Å². The zero-order chi connectivity index (χ0) is 28.1. The molecule has 4 atom stereocenters. The molecule has 3 aromatic rings. The molecular weight excluding hydrogens is 516 g/mol. The van der Waals surface area contributed by atoms with Gasteiger partial charge in [-0.15, -0.1) is 0 Å². The molecule has 2 fully saturated rings. The van der Waals surface area contributed by atoms with Crippen molar-refractivity contribution in [2.45, 2.75) is 37.8 Å². The van der Waals surface area contributed by atoms with Crippen LogP contribution in [0.4, 0.5) is 0 Å². The normalized spacial score (nSPS) is 18.8. The van der Waals surface area contributed by atoms with Crippen molar-refractivity contribution in [2.75, 3.05) is 26.4 Å². The molecule has 3 aromatic carbocycles. The summed E-state index contributed by atoms with van der Waals surface area (Å²) >= 11 is 0. The first-order valence-electron chi connectivity index (χ1n) is 13.1. The van der Waals surface area contributed by atoms with Gasteiger partial charge in [-0.1, -0.05) is 42.5 Å². The number of aliphatic hydroxyl groups is 1. The standard InChI is InChI=1S/C31H30O9/c1-19(32)20-6-4-9-23(14-20)30(34)40-24(16-39-29(33)22-8-5-7-21(15-22)27-17-37-27)12-13-36-31(35)26-11-3-2-10-25(26)28-18-38-28/h2-11,14-15,19,24,27-28,32H,12-13,16-18H2,1H3. The van der Waals surface area contributed by atoms with Gasteiger partial charge in [0.1, 0.15) is 24.9 Å². The highest BCUT2D eigenvalue weighted by molar-refractivity contribution is 5.92. The van der Waals surface area contributed by atoms with Crippen LogP contribution in [0.3, 0.4) is 0 Å². The molecule has 9 nitrogen and oxygen atoms in total. The molecule has 5 rings (SSSR count). The Kier molecular flexibility index (Phi) is 8.54. The molecule has 2 aliphatic rings. The van der Waals surface area contributed by atoms with E-state index < -0.39 is 30.1 Å². The van der Waals surface area contributed by atoms with Crippen molar-refractivity contribution in [2.24, 2.45) is 0 Å². The van der Waals surface area contributed by atoms with Crippen LogP contribution in [0.2, 0.25) is 0 Å². The highest BCUT2D eigenvalue weighted by atomic mass is 16.6. The van der Waals surface area contributed by atoms with Crippen LogP contribution in [0.5, 0.6) is 0 Å². The number of ether oxygens (including phenoxy) is 5. The first-order valence-corrected chi connectivity index (χ1v) is 13.1. The van der Waals surface area contributed by atoms with Gasteiger partial charge in [-0.05, 0) is 53.9 Å². The van der Waals surface area contributed by atoms with E-state index in [1.165, 1.54) is 0 Å². The topological polar surface area (TPSA) is 124 Å². The highest BCUT2D eigenvalue weighted by Gasteiger charge is 2.30. The summed E-state index contributed by atoms with van der Waals surface area (Å²) < 4.78 is 27.2. The minimum atomic E-state index is -0.892. The summed E-state index contributed by atoms with van der Waals surface area (Å²) in [5.41, 5.74) is 3.22. The third kappa shape index (κ3) is 7.12. The van der Waals surface area contributed by atoms with Crippen LogP contribution >= 0.6 is 0 Å². The lowest BCUT2D eigenvalue weighted by Crippen LogP contribution is -2.27. The lowest BCUT2D eigenvalue weighted by Gasteiger charge is -2.19. The summed E-state index contributed by atoms with van der Waals surface area (Å²) in [6.07, 6.45) is -1.68. The van der Waals surface area contributed by atoms with Gasteiger partial charge in [0.05, 0.1) is 42.6 Å². The van der Waals surface area contributed by atoms with Gasteiger partial charge in [0.2, 0.25) is 0 Å². The fourth-order valence-electron chi connectivity index (χ4n) is 4.23. The van der Waals surface area contributed by atoms with Gasteiger partial charge < -0.3 is 28.8 Å². The second-order valence-electron chi connectivity index (χ2n) is 9.71. The Morgan fingerprint density at radius 2 is 1.55 bits per heavy atom. The lowest BCUT2D eigenvalue weighted by atomic mass is 10.1. The van der Waals surface area contributed by atoms with Crippen LogP contribution in [0.1, 0.15) is 79.4 Å². The van der Waals surface area contributed by atoms with Crippen molar-refractivity contribution in [3.63, 3.8) is 0 Å². The molecule has 0 radical (unpaired) electrons. The third-order valence-corrected chi connectivity index (χ3v) is 6.64. The van der Waals surface area contributed by atoms with E-state index in [0.29, 0.717) is 29.9 Å². The summed E-state index contributed by atoms with van der Waals surface area (Å²) in [6, 6.07) is 20.5. The second-order valence-corrected chi connectivity index (χ2v) is 9.71. The largest absolute Gasteiger partial charge is 0.462 e. The van der Waals surface area contributed by atoms with Crippen LogP contribution in [-0.2, 0) is 23.7 Å². The quantitative estimate of drug-likeness (QED) is 0.198. The number of esters is 3. The number of hydrogen-bond donors (Lipinski definition) is 1. The zero-order valence-corrected chi connectivity index (χ0v) is 22.0. The first kappa shape index (κ1) is 27.5. The fraction of sp³-hybridized carbons (Fsp3) is 0.323. The monoisotopic (exact) mass is 546 g/mol. The second kappa shape index (κ2) is 12.4. The van der Waals surface area contributed by atoms with Crippen molar-refractivity contribution < 1.29 is 43.2 Å². The van der Waals surface area contributed by atoms with Crippen molar-refractivity contribution in [3.8, 4) is 0 Å². The Balaban J connectivity index is 1.23. The van der Waals surface area contributed by atoms with Crippen molar-refractivity contribution >= 4 is 17.9 Å². The maximum absolute atomic E-state index is 12.9. The number of carbonyl (C=O) groups is 3. The predicted molar refractivity (Wildman–Crippen MR) is 142 cm³/mol. The minimum absolute atomic E-state index is 0.00912. The molecule has 2 saturated heterocycles. The number of rotatable bonds is 12.